The van der Waals surface area contributed by atoms with E-state index in [4.69, 9.17) is 23.8 Å². The number of likely N-dealkylation sites (tertiary alicyclic amines) is 1. The van der Waals surface area contributed by atoms with Gasteiger partial charge in [0.15, 0.2) is 5.11 Å². The number of benzene rings is 1. The first-order valence-electron chi connectivity index (χ1n) is 6.53. The van der Waals surface area contributed by atoms with Crippen molar-refractivity contribution in [1.29, 1.82) is 0 Å². The van der Waals surface area contributed by atoms with Crippen LogP contribution in [0, 0.1) is 10.1 Å². The first-order valence-corrected chi connectivity index (χ1v) is 7.32. The number of carbonyl (C=O) groups excluding carboxylic acids is 1. The van der Waals surface area contributed by atoms with Gasteiger partial charge < -0.3 is 4.90 Å². The zero-order chi connectivity index (χ0) is 15.4. The zero-order valence-electron chi connectivity index (χ0n) is 11.2. The van der Waals surface area contributed by atoms with E-state index in [1.807, 2.05) is 4.90 Å². The van der Waals surface area contributed by atoms with Crippen molar-refractivity contribution in [3.8, 4) is 0 Å². The Balaban J connectivity index is 2.07. The van der Waals surface area contributed by atoms with E-state index in [-0.39, 0.29) is 16.3 Å². The van der Waals surface area contributed by atoms with E-state index in [9.17, 15) is 14.9 Å². The molecule has 0 radical (unpaired) electrons. The fraction of sp³-hybridized carbons (Fsp3) is 0.385. The zero-order valence-corrected chi connectivity index (χ0v) is 12.7. The second-order valence-electron chi connectivity index (χ2n) is 4.73. The van der Waals surface area contributed by atoms with E-state index in [2.05, 4.69) is 5.32 Å². The molecule has 1 aromatic rings. The van der Waals surface area contributed by atoms with Crippen LogP contribution in [0.1, 0.15) is 29.6 Å². The van der Waals surface area contributed by atoms with E-state index in [0.717, 1.165) is 38.4 Å². The van der Waals surface area contributed by atoms with E-state index in [1.54, 1.807) is 0 Å². The molecule has 0 bridgehead atoms. The highest BCUT2D eigenvalue weighted by Crippen LogP contribution is 2.25. The van der Waals surface area contributed by atoms with Gasteiger partial charge in [0, 0.05) is 24.7 Å². The van der Waals surface area contributed by atoms with Gasteiger partial charge in [-0.05, 0) is 43.6 Å². The highest BCUT2D eigenvalue weighted by atomic mass is 35.5. The molecule has 8 heteroatoms. The van der Waals surface area contributed by atoms with Crippen LogP contribution in [0.3, 0.4) is 0 Å². The lowest BCUT2D eigenvalue weighted by Gasteiger charge is -2.28. The van der Waals surface area contributed by atoms with Crippen LogP contribution in [0.4, 0.5) is 5.69 Å². The standard InChI is InChI=1S/C13H14ClN3O3S/c14-10-5-4-9(8-11(10)17(19)20)12(18)15-13(21)16-6-2-1-3-7-16/h4-5,8H,1-3,6-7H2,(H,15,18,21). The second kappa shape index (κ2) is 6.82. The summed E-state index contributed by atoms with van der Waals surface area (Å²) < 4.78 is 0. The Morgan fingerprint density at radius 3 is 2.62 bits per heavy atom. The molecule has 1 aliphatic rings. The molecule has 1 aromatic carbocycles. The molecule has 0 unspecified atom stereocenters. The summed E-state index contributed by atoms with van der Waals surface area (Å²) in [4.78, 5) is 24.2. The first-order chi connectivity index (χ1) is 9.99. The predicted octanol–water partition coefficient (Wildman–Crippen LogP) is 2.75. The van der Waals surface area contributed by atoms with Crippen LogP contribution in [0.2, 0.25) is 5.02 Å². The average molecular weight is 328 g/mol. The maximum absolute atomic E-state index is 12.1. The Morgan fingerprint density at radius 2 is 2.00 bits per heavy atom. The quantitative estimate of drug-likeness (QED) is 0.513. The second-order valence-corrected chi connectivity index (χ2v) is 5.52. The van der Waals surface area contributed by atoms with Crippen molar-refractivity contribution >= 4 is 40.5 Å². The van der Waals surface area contributed by atoms with Crippen molar-refractivity contribution in [3.63, 3.8) is 0 Å². The number of nitro groups is 1. The summed E-state index contributed by atoms with van der Waals surface area (Å²) in [6, 6.07) is 3.92. The summed E-state index contributed by atoms with van der Waals surface area (Å²) in [5.41, 5.74) is -0.140. The molecule has 21 heavy (non-hydrogen) atoms. The van der Waals surface area contributed by atoms with Crippen molar-refractivity contribution in [3.05, 3.63) is 38.9 Å². The number of piperidine rings is 1. The molecule has 0 spiro atoms. The summed E-state index contributed by atoms with van der Waals surface area (Å²) in [5, 5.41) is 13.8. The number of thiocarbonyl (C=S) groups is 1. The van der Waals surface area contributed by atoms with Gasteiger partial charge in [0.1, 0.15) is 5.02 Å². The van der Waals surface area contributed by atoms with Gasteiger partial charge in [-0.25, -0.2) is 0 Å². The molecule has 0 aromatic heterocycles. The van der Waals surface area contributed by atoms with Crippen molar-refractivity contribution in [2.45, 2.75) is 19.3 Å². The predicted molar refractivity (Wildman–Crippen MR) is 83.6 cm³/mol. The molecule has 1 amide bonds. The van der Waals surface area contributed by atoms with Crippen LogP contribution in [-0.2, 0) is 0 Å². The fourth-order valence-electron chi connectivity index (χ4n) is 2.14. The third kappa shape index (κ3) is 3.89. The number of nitro benzene ring substituents is 1. The van der Waals surface area contributed by atoms with E-state index in [0.29, 0.717) is 5.11 Å². The third-order valence-corrected chi connectivity index (χ3v) is 3.95. The highest BCUT2D eigenvalue weighted by molar-refractivity contribution is 7.80. The largest absolute Gasteiger partial charge is 0.349 e. The van der Waals surface area contributed by atoms with Crippen LogP contribution >= 0.6 is 23.8 Å². The molecule has 1 N–H and O–H groups in total. The molecule has 112 valence electrons. The number of nitrogens with zero attached hydrogens (tertiary/aromatic N) is 2. The molecule has 0 saturated carbocycles. The minimum Gasteiger partial charge on any atom is -0.349 e. The van der Waals surface area contributed by atoms with E-state index < -0.39 is 10.8 Å². The summed E-state index contributed by atoms with van der Waals surface area (Å²) in [6.07, 6.45) is 3.25. The number of hydrogen-bond donors (Lipinski definition) is 1. The Hall–Kier alpha value is -1.73. The average Bonchev–Trinajstić information content (AvgIpc) is 2.48. The number of carbonyl (C=O) groups is 1. The van der Waals surface area contributed by atoms with Crippen molar-refractivity contribution in [2.24, 2.45) is 0 Å². The Labute approximate surface area is 132 Å². The monoisotopic (exact) mass is 327 g/mol. The molecule has 1 aliphatic heterocycles. The number of nitrogens with one attached hydrogen (secondary N) is 1. The van der Waals surface area contributed by atoms with Gasteiger partial charge >= 0.3 is 0 Å². The summed E-state index contributed by atoms with van der Waals surface area (Å²) in [7, 11) is 0. The van der Waals surface area contributed by atoms with Gasteiger partial charge in [-0.1, -0.05) is 11.6 Å². The van der Waals surface area contributed by atoms with Gasteiger partial charge in [0.2, 0.25) is 0 Å². The minimum atomic E-state index is -0.623. The maximum Gasteiger partial charge on any atom is 0.288 e. The molecular weight excluding hydrogens is 314 g/mol. The molecule has 1 fully saturated rings. The van der Waals surface area contributed by atoms with E-state index >= 15 is 0 Å². The molecular formula is C13H14ClN3O3S. The third-order valence-electron chi connectivity index (χ3n) is 3.27. The van der Waals surface area contributed by atoms with Gasteiger partial charge in [-0.3, -0.25) is 20.2 Å². The van der Waals surface area contributed by atoms with E-state index in [1.165, 1.54) is 12.1 Å². The number of hydrogen-bond acceptors (Lipinski definition) is 4. The summed E-state index contributed by atoms with van der Waals surface area (Å²) in [5.74, 6) is -0.467. The van der Waals surface area contributed by atoms with Gasteiger partial charge in [0.25, 0.3) is 11.6 Å². The van der Waals surface area contributed by atoms with Crippen molar-refractivity contribution in [2.75, 3.05) is 13.1 Å². The van der Waals surface area contributed by atoms with Crippen LogP contribution in [0.5, 0.6) is 0 Å². The topological polar surface area (TPSA) is 75.5 Å². The normalized spacial score (nSPS) is 14.6. The van der Waals surface area contributed by atoms with Crippen LogP contribution in [0.25, 0.3) is 0 Å². The molecule has 2 rings (SSSR count). The van der Waals surface area contributed by atoms with Gasteiger partial charge in [-0.15, -0.1) is 0 Å². The minimum absolute atomic E-state index is 0.00448. The SMILES string of the molecule is O=C(NC(=S)N1CCCCC1)c1ccc(Cl)c([N+](=O)[O-])c1. The number of halogens is 1. The smallest absolute Gasteiger partial charge is 0.288 e. The Bertz CT molecular complexity index is 588. The summed E-state index contributed by atoms with van der Waals surface area (Å²) >= 11 is 10.9. The fourth-order valence-corrected chi connectivity index (χ4v) is 2.60. The van der Waals surface area contributed by atoms with Gasteiger partial charge in [0.05, 0.1) is 4.92 Å². The van der Waals surface area contributed by atoms with Gasteiger partial charge in [-0.2, -0.15) is 0 Å². The highest BCUT2D eigenvalue weighted by Gasteiger charge is 2.19. The number of amides is 1. The molecule has 0 atom stereocenters. The number of rotatable bonds is 2. The lowest BCUT2D eigenvalue weighted by molar-refractivity contribution is -0.384. The lowest BCUT2D eigenvalue weighted by Crippen LogP contribution is -2.44. The van der Waals surface area contributed by atoms with Crippen LogP contribution in [0.15, 0.2) is 18.2 Å². The maximum atomic E-state index is 12.1. The van der Waals surface area contributed by atoms with Crippen LogP contribution in [-0.4, -0.2) is 33.9 Å². The van der Waals surface area contributed by atoms with Crippen molar-refractivity contribution < 1.29 is 9.72 Å². The summed E-state index contributed by atoms with van der Waals surface area (Å²) in [6.45, 7) is 1.64. The first kappa shape index (κ1) is 15.7. The molecule has 0 aliphatic carbocycles. The van der Waals surface area contributed by atoms with Crippen LogP contribution < -0.4 is 5.32 Å². The molecule has 1 saturated heterocycles. The van der Waals surface area contributed by atoms with Crippen molar-refractivity contribution in [1.82, 2.24) is 10.2 Å². The molecule has 1 heterocycles. The Morgan fingerprint density at radius 1 is 1.33 bits per heavy atom. The lowest BCUT2D eigenvalue weighted by atomic mass is 10.1. The Kier molecular flexibility index (Phi) is 5.08. The molecule has 6 nitrogen and oxygen atoms in total.